The number of para-hydroxylation sites is 2. The zero-order valence-corrected chi connectivity index (χ0v) is 24.8. The van der Waals surface area contributed by atoms with Gasteiger partial charge in [0.2, 0.25) is 0 Å². The predicted octanol–water partition coefficient (Wildman–Crippen LogP) is 8.35. The van der Waals surface area contributed by atoms with Crippen LogP contribution in [0.5, 0.6) is 0 Å². The molecule has 6 nitrogen and oxygen atoms in total. The highest BCUT2D eigenvalue weighted by Gasteiger charge is 2.19. The molecule has 7 rings (SSSR count). The molecule has 1 aliphatic carbocycles. The molecular weight excluding hydrogens is 549 g/mol. The number of pyridine rings is 2. The van der Waals surface area contributed by atoms with Crippen LogP contribution >= 0.6 is 0 Å². The van der Waals surface area contributed by atoms with Gasteiger partial charge in [0.05, 0.1) is 16.7 Å². The summed E-state index contributed by atoms with van der Waals surface area (Å²) in [4.78, 5) is 26.4. The van der Waals surface area contributed by atoms with Gasteiger partial charge in [0.25, 0.3) is 5.91 Å². The van der Waals surface area contributed by atoms with Gasteiger partial charge in [0, 0.05) is 51.7 Å². The Balaban J connectivity index is 0.961. The third kappa shape index (κ3) is 5.62. The van der Waals surface area contributed by atoms with E-state index in [0.717, 1.165) is 78.0 Å². The quantitative estimate of drug-likeness (QED) is 0.141. The lowest BCUT2D eigenvalue weighted by atomic mass is 9.92. The second-order valence-electron chi connectivity index (χ2n) is 11.7. The van der Waals surface area contributed by atoms with Crippen molar-refractivity contribution in [1.29, 1.82) is 0 Å². The molecule has 0 atom stereocenters. The molecule has 0 saturated carbocycles. The van der Waals surface area contributed by atoms with Gasteiger partial charge in [-0.3, -0.25) is 9.78 Å². The second-order valence-corrected chi connectivity index (χ2v) is 11.7. The van der Waals surface area contributed by atoms with Crippen molar-refractivity contribution in [3.8, 4) is 11.3 Å². The minimum absolute atomic E-state index is 0.198. The maximum atomic E-state index is 13.7. The lowest BCUT2D eigenvalue weighted by molar-refractivity contribution is 0.0948. The molecule has 222 valence electrons. The Morgan fingerprint density at radius 2 is 1.55 bits per heavy atom. The number of unbranched alkanes of at least 4 members (excludes halogenated alkanes) is 3. The average molecular weight is 586 g/mol. The van der Waals surface area contributed by atoms with E-state index in [2.05, 4.69) is 39.9 Å². The van der Waals surface area contributed by atoms with Crippen LogP contribution in [0.3, 0.4) is 0 Å². The maximum absolute atomic E-state index is 13.7. The normalized spacial score (nSPS) is 12.9. The number of aromatic amines is 1. The van der Waals surface area contributed by atoms with Crippen molar-refractivity contribution in [2.75, 3.05) is 18.4 Å². The third-order valence-corrected chi connectivity index (χ3v) is 8.71. The summed E-state index contributed by atoms with van der Waals surface area (Å²) in [6.45, 7) is 1.52. The topological polar surface area (TPSA) is 82.7 Å². The third-order valence-electron chi connectivity index (χ3n) is 8.71. The first kappa shape index (κ1) is 28.0. The van der Waals surface area contributed by atoms with E-state index in [1.165, 1.54) is 47.3 Å². The van der Waals surface area contributed by atoms with Crippen LogP contribution in [0.4, 0.5) is 10.1 Å². The van der Waals surface area contributed by atoms with Gasteiger partial charge in [-0.2, -0.15) is 0 Å². The van der Waals surface area contributed by atoms with Gasteiger partial charge in [-0.25, -0.2) is 9.37 Å². The highest BCUT2D eigenvalue weighted by Crippen LogP contribution is 2.34. The molecule has 0 saturated heterocycles. The van der Waals surface area contributed by atoms with Crippen molar-refractivity contribution in [3.05, 3.63) is 102 Å². The number of rotatable bonds is 10. The van der Waals surface area contributed by atoms with Crippen LogP contribution in [0.15, 0.2) is 78.9 Å². The van der Waals surface area contributed by atoms with Crippen LogP contribution < -0.4 is 10.6 Å². The number of fused-ring (bicyclic) bond motifs is 5. The smallest absolute Gasteiger partial charge is 0.269 e. The molecule has 0 unspecified atom stereocenters. The van der Waals surface area contributed by atoms with Gasteiger partial charge >= 0.3 is 0 Å². The number of carbonyl (C=O) groups excluding carboxylic acids is 1. The molecule has 44 heavy (non-hydrogen) atoms. The van der Waals surface area contributed by atoms with E-state index >= 15 is 0 Å². The fourth-order valence-corrected chi connectivity index (χ4v) is 6.46. The number of carbonyl (C=O) groups is 1. The molecule has 0 aliphatic heterocycles. The van der Waals surface area contributed by atoms with Gasteiger partial charge in [-0.1, -0.05) is 49.2 Å². The number of aromatic nitrogens is 3. The van der Waals surface area contributed by atoms with Gasteiger partial charge < -0.3 is 15.6 Å². The summed E-state index contributed by atoms with van der Waals surface area (Å²) in [5.41, 5.74) is 8.58. The van der Waals surface area contributed by atoms with E-state index in [1.54, 1.807) is 12.1 Å². The zero-order chi connectivity index (χ0) is 29.9. The van der Waals surface area contributed by atoms with Gasteiger partial charge in [-0.15, -0.1) is 0 Å². The number of amides is 1. The van der Waals surface area contributed by atoms with Crippen LogP contribution in [-0.2, 0) is 12.8 Å². The first-order valence-electron chi connectivity index (χ1n) is 15.8. The van der Waals surface area contributed by atoms with Gasteiger partial charge in [0.1, 0.15) is 11.5 Å². The summed E-state index contributed by atoms with van der Waals surface area (Å²) in [6, 6.07) is 24.5. The van der Waals surface area contributed by atoms with Crippen LogP contribution in [0, 0.1) is 5.82 Å². The highest BCUT2D eigenvalue weighted by molar-refractivity contribution is 6.13. The van der Waals surface area contributed by atoms with Crippen molar-refractivity contribution in [1.82, 2.24) is 20.3 Å². The van der Waals surface area contributed by atoms with Crippen molar-refractivity contribution in [3.63, 3.8) is 0 Å². The Morgan fingerprint density at radius 1 is 0.795 bits per heavy atom. The number of nitrogens with one attached hydrogen (secondary N) is 3. The van der Waals surface area contributed by atoms with E-state index in [1.807, 2.05) is 30.3 Å². The first-order valence-corrected chi connectivity index (χ1v) is 15.8. The Hall–Kier alpha value is -4.78. The van der Waals surface area contributed by atoms with Gasteiger partial charge in [0.15, 0.2) is 0 Å². The van der Waals surface area contributed by atoms with Crippen molar-refractivity contribution >= 4 is 44.3 Å². The lowest BCUT2D eigenvalue weighted by Gasteiger charge is -2.21. The van der Waals surface area contributed by atoms with Crippen molar-refractivity contribution < 1.29 is 9.18 Å². The molecule has 0 spiro atoms. The second kappa shape index (κ2) is 12.4. The molecule has 1 amide bonds. The Bertz CT molecular complexity index is 1960. The molecule has 0 bridgehead atoms. The number of hydrogen-bond acceptors (Lipinski definition) is 4. The summed E-state index contributed by atoms with van der Waals surface area (Å²) in [5.74, 6) is -0.507. The number of halogens is 1. The standard InChI is InChI=1S/C37H36FN5O/c38-25-19-17-24(18-20-25)34-36-29(26-11-3-6-14-30(26)42-36)23-33(43-34)37(44)40-22-10-2-1-9-21-39-35-27-12-4-7-15-31(27)41-32-16-8-5-13-28(32)35/h3-4,6-7,11-12,14-15,17-20,23,42H,1-2,5,8-10,13,16,21-22H2,(H,39,41)(H,40,44). The number of anilines is 1. The SMILES string of the molecule is O=C(NCCCCCCNc1c2c(nc3ccccc13)CCCC2)c1cc2c([nH]c3ccccc32)c(-c2ccc(F)cc2)n1. The Kier molecular flexibility index (Phi) is 7.93. The highest BCUT2D eigenvalue weighted by atomic mass is 19.1. The van der Waals surface area contributed by atoms with E-state index < -0.39 is 0 Å². The molecule has 3 heterocycles. The number of aryl methyl sites for hydroxylation is 1. The van der Waals surface area contributed by atoms with Crippen LogP contribution in [0.2, 0.25) is 0 Å². The Labute approximate surface area is 256 Å². The molecule has 3 aromatic carbocycles. The average Bonchev–Trinajstić information content (AvgIpc) is 3.44. The molecule has 0 fully saturated rings. The largest absolute Gasteiger partial charge is 0.384 e. The van der Waals surface area contributed by atoms with Crippen molar-refractivity contribution in [2.45, 2.75) is 51.4 Å². The monoisotopic (exact) mass is 585 g/mol. The van der Waals surface area contributed by atoms with E-state index in [9.17, 15) is 9.18 Å². The first-order chi connectivity index (χ1) is 21.7. The minimum atomic E-state index is -0.309. The molecule has 3 aromatic heterocycles. The molecule has 6 aromatic rings. The molecule has 0 radical (unpaired) electrons. The summed E-state index contributed by atoms with van der Waals surface area (Å²) in [7, 11) is 0. The fourth-order valence-electron chi connectivity index (χ4n) is 6.46. The van der Waals surface area contributed by atoms with Crippen LogP contribution in [0.25, 0.3) is 44.0 Å². The molecule has 7 heteroatoms. The predicted molar refractivity (Wildman–Crippen MR) is 177 cm³/mol. The maximum Gasteiger partial charge on any atom is 0.269 e. The summed E-state index contributed by atoms with van der Waals surface area (Å²) in [6.07, 6.45) is 8.71. The number of benzene rings is 3. The van der Waals surface area contributed by atoms with Crippen molar-refractivity contribution in [2.24, 2.45) is 0 Å². The lowest BCUT2D eigenvalue weighted by Crippen LogP contribution is -2.25. The van der Waals surface area contributed by atoms with E-state index in [-0.39, 0.29) is 11.7 Å². The molecule has 1 aliphatic rings. The number of H-pyrrole nitrogens is 1. The fraction of sp³-hybridized carbons (Fsp3) is 0.270. The zero-order valence-electron chi connectivity index (χ0n) is 24.8. The number of nitrogens with zero attached hydrogens (tertiary/aromatic N) is 2. The van der Waals surface area contributed by atoms with Gasteiger partial charge in [-0.05, 0) is 86.6 Å². The summed E-state index contributed by atoms with van der Waals surface area (Å²) in [5, 5.41) is 9.99. The molecule has 3 N–H and O–H groups in total. The van der Waals surface area contributed by atoms with Crippen LogP contribution in [-0.4, -0.2) is 33.9 Å². The minimum Gasteiger partial charge on any atom is -0.384 e. The molecular formula is C37H36FN5O. The summed E-state index contributed by atoms with van der Waals surface area (Å²) < 4.78 is 13.7. The van der Waals surface area contributed by atoms with E-state index in [4.69, 9.17) is 9.97 Å². The summed E-state index contributed by atoms with van der Waals surface area (Å²) >= 11 is 0. The van der Waals surface area contributed by atoms with Crippen LogP contribution in [0.1, 0.15) is 60.3 Å². The number of hydrogen-bond donors (Lipinski definition) is 3. The Morgan fingerprint density at radius 3 is 2.41 bits per heavy atom. The van der Waals surface area contributed by atoms with E-state index in [0.29, 0.717) is 17.9 Å².